The van der Waals surface area contributed by atoms with Crippen LogP contribution < -0.4 is 0 Å². The minimum Gasteiger partial charge on any atom is -0.460 e. The average molecular weight is 407 g/mol. The monoisotopic (exact) mass is 407 g/mol. The maximum Gasteiger partial charge on any atom is 0.334 e. The van der Waals surface area contributed by atoms with Crippen LogP contribution in [0.25, 0.3) is 5.76 Å². The van der Waals surface area contributed by atoms with Crippen LogP contribution >= 0.6 is 0 Å². The van der Waals surface area contributed by atoms with Gasteiger partial charge in [0.15, 0.2) is 0 Å². The molecule has 4 heteroatoms. The lowest BCUT2D eigenvalue weighted by atomic mass is 9.84. The van der Waals surface area contributed by atoms with Gasteiger partial charge in [-0.1, -0.05) is 91.0 Å². The van der Waals surface area contributed by atoms with Gasteiger partial charge in [-0.25, -0.2) is 4.79 Å². The zero-order valence-electron chi connectivity index (χ0n) is 16.9. The summed E-state index contributed by atoms with van der Waals surface area (Å²) < 4.78 is 11.5. The number of nitriles is 1. The van der Waals surface area contributed by atoms with Crippen LogP contribution in [0.15, 0.2) is 108 Å². The van der Waals surface area contributed by atoms with Crippen molar-refractivity contribution in [1.82, 2.24) is 0 Å². The highest BCUT2D eigenvalue weighted by atomic mass is 16.5. The second-order valence-corrected chi connectivity index (χ2v) is 7.19. The van der Waals surface area contributed by atoms with E-state index in [4.69, 9.17) is 9.47 Å². The number of nitrogens with zero attached hydrogens (tertiary/aromatic N) is 1. The Morgan fingerprint density at radius 2 is 1.58 bits per heavy atom. The molecule has 0 N–H and O–H groups in total. The highest BCUT2D eigenvalue weighted by molar-refractivity contribution is 5.83. The van der Waals surface area contributed by atoms with Crippen LogP contribution in [0.3, 0.4) is 0 Å². The van der Waals surface area contributed by atoms with Gasteiger partial charge in [-0.05, 0) is 11.1 Å². The third-order valence-corrected chi connectivity index (χ3v) is 5.09. The maximum atomic E-state index is 12.5. The quantitative estimate of drug-likeness (QED) is 0.399. The molecule has 0 amide bonds. The largest absolute Gasteiger partial charge is 0.460 e. The zero-order chi connectivity index (χ0) is 21.5. The van der Waals surface area contributed by atoms with Gasteiger partial charge in [0, 0.05) is 17.9 Å². The zero-order valence-corrected chi connectivity index (χ0v) is 16.9. The molecule has 0 bridgehead atoms. The normalized spacial score (nSPS) is 17.0. The van der Waals surface area contributed by atoms with Gasteiger partial charge in [-0.15, -0.1) is 0 Å². The lowest BCUT2D eigenvalue weighted by Crippen LogP contribution is -2.15. The summed E-state index contributed by atoms with van der Waals surface area (Å²) in [6.07, 6.45) is 1.79. The van der Waals surface area contributed by atoms with Crippen LogP contribution in [-0.4, -0.2) is 5.97 Å². The summed E-state index contributed by atoms with van der Waals surface area (Å²) >= 11 is 0. The third-order valence-electron chi connectivity index (χ3n) is 5.09. The first-order chi connectivity index (χ1) is 15.2. The number of hydrogen-bond donors (Lipinski definition) is 0. The summed E-state index contributed by atoms with van der Waals surface area (Å²) in [7, 11) is 0. The topological polar surface area (TPSA) is 59.3 Å². The molecular weight excluding hydrogens is 386 g/mol. The number of esters is 1. The summed E-state index contributed by atoms with van der Waals surface area (Å²) in [6, 6.07) is 31.1. The van der Waals surface area contributed by atoms with E-state index in [0.29, 0.717) is 23.5 Å². The molecule has 4 rings (SSSR count). The number of benzene rings is 3. The van der Waals surface area contributed by atoms with Crippen LogP contribution in [0.1, 0.15) is 29.0 Å². The summed E-state index contributed by atoms with van der Waals surface area (Å²) in [6.45, 7) is 0.191. The van der Waals surface area contributed by atoms with Crippen molar-refractivity contribution < 1.29 is 14.3 Å². The van der Waals surface area contributed by atoms with E-state index in [0.717, 1.165) is 16.7 Å². The van der Waals surface area contributed by atoms with E-state index >= 15 is 0 Å². The molecule has 0 radical (unpaired) electrons. The van der Waals surface area contributed by atoms with Crippen LogP contribution in [0.5, 0.6) is 0 Å². The van der Waals surface area contributed by atoms with Gasteiger partial charge < -0.3 is 9.47 Å². The second kappa shape index (κ2) is 9.60. The molecule has 4 nitrogen and oxygen atoms in total. The molecule has 1 atom stereocenters. The minimum atomic E-state index is -0.474. The molecule has 1 aliphatic rings. The van der Waals surface area contributed by atoms with Crippen molar-refractivity contribution in [2.75, 3.05) is 0 Å². The van der Waals surface area contributed by atoms with E-state index in [1.54, 1.807) is 0 Å². The molecule has 0 aromatic heterocycles. The summed E-state index contributed by atoms with van der Waals surface area (Å²) in [5.74, 6) is 0.275. The van der Waals surface area contributed by atoms with E-state index in [9.17, 15) is 10.1 Å². The Morgan fingerprint density at radius 3 is 2.23 bits per heavy atom. The molecule has 0 fully saturated rings. The van der Waals surface area contributed by atoms with Gasteiger partial charge in [0.25, 0.3) is 0 Å². The van der Waals surface area contributed by atoms with Crippen LogP contribution in [-0.2, 0) is 20.9 Å². The number of ether oxygens (including phenoxy) is 2. The van der Waals surface area contributed by atoms with Gasteiger partial charge in [-0.3, -0.25) is 0 Å². The first-order valence-corrected chi connectivity index (χ1v) is 10.1. The Balaban J connectivity index is 1.64. The van der Waals surface area contributed by atoms with Crippen LogP contribution in [0.4, 0.5) is 0 Å². The average Bonchev–Trinajstić information content (AvgIpc) is 2.84. The molecule has 3 aromatic rings. The van der Waals surface area contributed by atoms with Crippen molar-refractivity contribution in [1.29, 1.82) is 5.26 Å². The number of allylic oxidation sites excluding steroid dienone is 2. The first-order valence-electron chi connectivity index (χ1n) is 10.1. The third kappa shape index (κ3) is 4.91. The number of hydrogen-bond acceptors (Lipinski definition) is 4. The first kappa shape index (κ1) is 20.2. The van der Waals surface area contributed by atoms with E-state index in [2.05, 4.69) is 6.07 Å². The molecule has 1 aliphatic heterocycles. The molecule has 0 aliphatic carbocycles. The fourth-order valence-corrected chi connectivity index (χ4v) is 3.58. The summed E-state index contributed by atoms with van der Waals surface area (Å²) in [5, 5.41) is 9.93. The molecule has 0 saturated carbocycles. The maximum absolute atomic E-state index is 12.5. The Bertz CT molecular complexity index is 1140. The van der Waals surface area contributed by atoms with E-state index in [1.165, 1.54) is 6.08 Å². The number of carbonyl (C=O) groups is 1. The molecular formula is C27H21NO3. The van der Waals surface area contributed by atoms with Crippen molar-refractivity contribution >= 4 is 11.7 Å². The lowest BCUT2D eigenvalue weighted by Gasteiger charge is -2.27. The standard InChI is InChI=1S/C27H21NO3/c28-18-25-24(21-12-6-2-7-13-21)16-23(31-27(25)22-14-8-3-9-15-22)17-26(29)30-19-20-10-4-1-5-11-20/h1-15,17,24H,16,19H2/b23-17-. The SMILES string of the molecule is N#CC1=C(c2ccccc2)O/C(=C\C(=O)OCc2ccccc2)CC1c1ccccc1. The Labute approximate surface area is 181 Å². The van der Waals surface area contributed by atoms with Crippen molar-refractivity contribution in [3.8, 4) is 6.07 Å². The fourth-order valence-electron chi connectivity index (χ4n) is 3.58. The molecule has 31 heavy (non-hydrogen) atoms. The van der Waals surface area contributed by atoms with E-state index < -0.39 is 5.97 Å². The molecule has 0 spiro atoms. The Morgan fingerprint density at radius 1 is 0.968 bits per heavy atom. The van der Waals surface area contributed by atoms with Gasteiger partial charge >= 0.3 is 5.97 Å². The molecule has 0 saturated heterocycles. The van der Waals surface area contributed by atoms with Crippen molar-refractivity contribution in [3.63, 3.8) is 0 Å². The Kier molecular flexibility index (Phi) is 6.25. The Hall–Kier alpha value is -4.10. The molecule has 152 valence electrons. The van der Waals surface area contributed by atoms with Gasteiger partial charge in [-0.2, -0.15) is 5.26 Å². The van der Waals surface area contributed by atoms with Crippen LogP contribution in [0, 0.1) is 11.3 Å². The molecule has 1 heterocycles. The fraction of sp³-hybridized carbons (Fsp3) is 0.111. The smallest absolute Gasteiger partial charge is 0.334 e. The van der Waals surface area contributed by atoms with Gasteiger partial charge in [0.2, 0.25) is 0 Å². The second-order valence-electron chi connectivity index (χ2n) is 7.19. The van der Waals surface area contributed by atoms with Gasteiger partial charge in [0.1, 0.15) is 18.1 Å². The van der Waals surface area contributed by atoms with E-state index in [1.807, 2.05) is 91.0 Å². The minimum absolute atomic E-state index is 0.191. The number of rotatable bonds is 5. The molecule has 1 unspecified atom stereocenters. The van der Waals surface area contributed by atoms with Gasteiger partial charge in [0.05, 0.1) is 17.7 Å². The lowest BCUT2D eigenvalue weighted by molar-refractivity contribution is -0.139. The highest BCUT2D eigenvalue weighted by Gasteiger charge is 2.30. The molecule has 3 aromatic carbocycles. The van der Waals surface area contributed by atoms with Crippen LogP contribution in [0.2, 0.25) is 0 Å². The summed E-state index contributed by atoms with van der Waals surface area (Å²) in [4.78, 5) is 12.5. The highest BCUT2D eigenvalue weighted by Crippen LogP contribution is 2.41. The van der Waals surface area contributed by atoms with Crippen molar-refractivity contribution in [2.24, 2.45) is 0 Å². The van der Waals surface area contributed by atoms with Crippen molar-refractivity contribution in [3.05, 3.63) is 125 Å². The summed E-state index contributed by atoms with van der Waals surface area (Å²) in [5.41, 5.74) is 3.26. The predicted octanol–water partition coefficient (Wildman–Crippen LogP) is 5.75. The predicted molar refractivity (Wildman–Crippen MR) is 118 cm³/mol. The number of carbonyl (C=O) groups excluding carboxylic acids is 1. The van der Waals surface area contributed by atoms with E-state index in [-0.39, 0.29) is 12.5 Å². The van der Waals surface area contributed by atoms with Crippen molar-refractivity contribution in [2.45, 2.75) is 18.9 Å².